The van der Waals surface area contributed by atoms with Gasteiger partial charge in [0.15, 0.2) is 5.76 Å². The number of aliphatic hydroxyl groups is 1. The van der Waals surface area contributed by atoms with E-state index < -0.39 is 0 Å². The third kappa shape index (κ3) is 3.40. The molecule has 6 nitrogen and oxygen atoms in total. The Bertz CT molecular complexity index is 463. The van der Waals surface area contributed by atoms with Gasteiger partial charge in [-0.25, -0.2) is 0 Å². The molecule has 0 spiro atoms. The standard InChI is InChI=1S/C11H16N4O2/c1-9-4-11(17-14-9)7-12-5-10-6-13-15(8-10)2-3-16/h4,6,8,12,16H,2-3,5,7H2,1H3. The largest absolute Gasteiger partial charge is 0.394 e. The van der Waals surface area contributed by atoms with E-state index in [2.05, 4.69) is 15.6 Å². The summed E-state index contributed by atoms with van der Waals surface area (Å²) in [5, 5.41) is 19.9. The number of hydrogen-bond acceptors (Lipinski definition) is 5. The van der Waals surface area contributed by atoms with Crippen molar-refractivity contribution in [1.29, 1.82) is 0 Å². The average Bonchev–Trinajstić information content (AvgIpc) is 2.89. The predicted molar refractivity (Wildman–Crippen MR) is 61.1 cm³/mol. The lowest BCUT2D eigenvalue weighted by molar-refractivity contribution is 0.269. The zero-order chi connectivity index (χ0) is 12.1. The number of aromatic nitrogens is 3. The van der Waals surface area contributed by atoms with E-state index in [1.165, 1.54) is 0 Å². The molecule has 0 aliphatic rings. The molecule has 17 heavy (non-hydrogen) atoms. The summed E-state index contributed by atoms with van der Waals surface area (Å²) < 4.78 is 6.80. The molecule has 2 rings (SSSR count). The number of rotatable bonds is 6. The Balaban J connectivity index is 1.77. The summed E-state index contributed by atoms with van der Waals surface area (Å²) in [6.07, 6.45) is 3.70. The lowest BCUT2D eigenvalue weighted by Gasteiger charge is -1.98. The van der Waals surface area contributed by atoms with Gasteiger partial charge >= 0.3 is 0 Å². The molecule has 2 aromatic rings. The average molecular weight is 236 g/mol. The minimum Gasteiger partial charge on any atom is -0.394 e. The number of nitrogens with one attached hydrogen (secondary N) is 1. The van der Waals surface area contributed by atoms with Crippen LogP contribution in [0.25, 0.3) is 0 Å². The monoisotopic (exact) mass is 236 g/mol. The van der Waals surface area contributed by atoms with Crippen molar-refractivity contribution in [1.82, 2.24) is 20.3 Å². The fraction of sp³-hybridized carbons (Fsp3) is 0.455. The topological polar surface area (TPSA) is 76.1 Å². The summed E-state index contributed by atoms with van der Waals surface area (Å²) in [6, 6.07) is 1.90. The van der Waals surface area contributed by atoms with Crippen LogP contribution in [0.15, 0.2) is 23.0 Å². The summed E-state index contributed by atoms with van der Waals surface area (Å²) in [5.74, 6) is 0.824. The first-order valence-corrected chi connectivity index (χ1v) is 5.53. The second kappa shape index (κ2) is 5.60. The first-order chi connectivity index (χ1) is 8.28. The molecule has 0 saturated carbocycles. The Morgan fingerprint density at radius 3 is 3.06 bits per heavy atom. The molecule has 0 radical (unpaired) electrons. The molecule has 0 aliphatic carbocycles. The Kier molecular flexibility index (Phi) is 3.89. The van der Waals surface area contributed by atoms with Crippen LogP contribution in [-0.2, 0) is 19.6 Å². The van der Waals surface area contributed by atoms with E-state index >= 15 is 0 Å². The third-order valence-corrected chi connectivity index (χ3v) is 2.32. The van der Waals surface area contributed by atoms with Crippen LogP contribution in [0.4, 0.5) is 0 Å². The van der Waals surface area contributed by atoms with Gasteiger partial charge in [0.05, 0.1) is 31.6 Å². The van der Waals surface area contributed by atoms with Crippen LogP contribution < -0.4 is 5.32 Å². The van der Waals surface area contributed by atoms with Gasteiger partial charge < -0.3 is 14.9 Å². The van der Waals surface area contributed by atoms with Crippen LogP contribution in [-0.4, -0.2) is 26.7 Å². The summed E-state index contributed by atoms with van der Waals surface area (Å²) in [5.41, 5.74) is 1.97. The SMILES string of the molecule is Cc1cc(CNCc2cnn(CCO)c2)on1. The highest BCUT2D eigenvalue weighted by molar-refractivity contribution is 5.05. The van der Waals surface area contributed by atoms with Crippen molar-refractivity contribution in [3.63, 3.8) is 0 Å². The van der Waals surface area contributed by atoms with E-state index in [-0.39, 0.29) is 6.61 Å². The summed E-state index contributed by atoms with van der Waals surface area (Å²) >= 11 is 0. The first kappa shape index (κ1) is 11.8. The number of aryl methyl sites for hydroxylation is 1. The number of aliphatic hydroxyl groups excluding tert-OH is 1. The van der Waals surface area contributed by atoms with E-state index in [0.29, 0.717) is 19.6 Å². The highest BCUT2D eigenvalue weighted by Gasteiger charge is 2.01. The molecule has 0 amide bonds. The Hall–Kier alpha value is -1.66. The molecule has 0 unspecified atom stereocenters. The van der Waals surface area contributed by atoms with Gasteiger partial charge in [0.25, 0.3) is 0 Å². The highest BCUT2D eigenvalue weighted by atomic mass is 16.5. The van der Waals surface area contributed by atoms with Crippen LogP contribution in [0.2, 0.25) is 0 Å². The quantitative estimate of drug-likeness (QED) is 0.762. The fourth-order valence-corrected chi connectivity index (χ4v) is 1.55. The molecule has 2 N–H and O–H groups in total. The van der Waals surface area contributed by atoms with Crippen molar-refractivity contribution < 1.29 is 9.63 Å². The Morgan fingerprint density at radius 2 is 2.35 bits per heavy atom. The van der Waals surface area contributed by atoms with E-state index in [1.807, 2.05) is 19.2 Å². The van der Waals surface area contributed by atoms with Crippen molar-refractivity contribution in [2.45, 2.75) is 26.6 Å². The molecule has 0 aliphatic heterocycles. The predicted octanol–water partition coefficient (Wildman–Crippen LogP) is 0.462. The molecule has 2 aromatic heterocycles. The van der Waals surface area contributed by atoms with Gasteiger partial charge in [-0.3, -0.25) is 4.68 Å². The maximum Gasteiger partial charge on any atom is 0.150 e. The van der Waals surface area contributed by atoms with Gasteiger partial charge in [-0.05, 0) is 6.92 Å². The third-order valence-electron chi connectivity index (χ3n) is 2.32. The zero-order valence-electron chi connectivity index (χ0n) is 9.76. The molecule has 6 heteroatoms. The Morgan fingerprint density at radius 1 is 1.47 bits per heavy atom. The van der Waals surface area contributed by atoms with Crippen LogP contribution in [0.3, 0.4) is 0 Å². The molecule has 0 bridgehead atoms. The molecule has 0 saturated heterocycles. The zero-order valence-corrected chi connectivity index (χ0v) is 9.76. The maximum absolute atomic E-state index is 8.76. The van der Waals surface area contributed by atoms with E-state index in [1.54, 1.807) is 10.9 Å². The van der Waals surface area contributed by atoms with Gasteiger partial charge in [0.2, 0.25) is 0 Å². The summed E-state index contributed by atoms with van der Waals surface area (Å²) in [7, 11) is 0. The van der Waals surface area contributed by atoms with Crippen molar-refractivity contribution >= 4 is 0 Å². The number of nitrogens with zero attached hydrogens (tertiary/aromatic N) is 3. The second-order valence-corrected chi connectivity index (χ2v) is 3.87. The molecule has 0 aromatic carbocycles. The molecule has 0 atom stereocenters. The van der Waals surface area contributed by atoms with Crippen LogP contribution in [0.1, 0.15) is 17.0 Å². The molecule has 92 valence electrons. The van der Waals surface area contributed by atoms with Gasteiger partial charge in [-0.2, -0.15) is 5.10 Å². The van der Waals surface area contributed by atoms with Crippen molar-refractivity contribution in [2.75, 3.05) is 6.61 Å². The van der Waals surface area contributed by atoms with E-state index in [9.17, 15) is 0 Å². The fourth-order valence-electron chi connectivity index (χ4n) is 1.55. The van der Waals surface area contributed by atoms with E-state index in [4.69, 9.17) is 9.63 Å². The normalized spacial score (nSPS) is 10.9. The molecule has 2 heterocycles. The first-order valence-electron chi connectivity index (χ1n) is 5.53. The number of hydrogen-bond donors (Lipinski definition) is 2. The molecular formula is C11H16N4O2. The summed E-state index contributed by atoms with van der Waals surface area (Å²) in [6.45, 7) is 3.89. The minimum absolute atomic E-state index is 0.103. The van der Waals surface area contributed by atoms with Crippen molar-refractivity contribution in [3.8, 4) is 0 Å². The lowest BCUT2D eigenvalue weighted by atomic mass is 10.3. The van der Waals surface area contributed by atoms with Crippen LogP contribution in [0.5, 0.6) is 0 Å². The highest BCUT2D eigenvalue weighted by Crippen LogP contribution is 2.02. The van der Waals surface area contributed by atoms with E-state index in [0.717, 1.165) is 17.0 Å². The van der Waals surface area contributed by atoms with Gasteiger partial charge in [-0.15, -0.1) is 0 Å². The lowest BCUT2D eigenvalue weighted by Crippen LogP contribution is -2.11. The minimum atomic E-state index is 0.103. The van der Waals surface area contributed by atoms with Crippen LogP contribution >= 0.6 is 0 Å². The Labute approximate surface area is 99.2 Å². The van der Waals surface area contributed by atoms with Gasteiger partial charge in [0.1, 0.15) is 0 Å². The van der Waals surface area contributed by atoms with Crippen molar-refractivity contribution in [3.05, 3.63) is 35.5 Å². The smallest absolute Gasteiger partial charge is 0.150 e. The molecule has 0 fully saturated rings. The second-order valence-electron chi connectivity index (χ2n) is 3.87. The van der Waals surface area contributed by atoms with Gasteiger partial charge in [-0.1, -0.05) is 5.16 Å². The summed E-state index contributed by atoms with van der Waals surface area (Å²) in [4.78, 5) is 0. The maximum atomic E-state index is 8.76. The van der Waals surface area contributed by atoms with Crippen LogP contribution in [0, 0.1) is 6.92 Å². The van der Waals surface area contributed by atoms with Crippen molar-refractivity contribution in [2.24, 2.45) is 0 Å². The van der Waals surface area contributed by atoms with Gasteiger partial charge in [0, 0.05) is 24.4 Å². The molecular weight excluding hydrogens is 220 g/mol.